The zero-order valence-corrected chi connectivity index (χ0v) is 7.92. The van der Waals surface area contributed by atoms with Crippen molar-refractivity contribution >= 4 is 6.29 Å². The second-order valence-corrected chi connectivity index (χ2v) is 3.37. The van der Waals surface area contributed by atoms with Gasteiger partial charge in [-0.15, -0.1) is 0 Å². The van der Waals surface area contributed by atoms with Crippen molar-refractivity contribution in [3.05, 3.63) is 12.2 Å². The Labute approximate surface area is 74.3 Å². The molecule has 0 aliphatic rings. The fraction of sp³-hybridized carbons (Fsp3) is 0.700. The Bertz CT molecular complexity index is 148. The van der Waals surface area contributed by atoms with Crippen LogP contribution in [0.25, 0.3) is 0 Å². The van der Waals surface area contributed by atoms with Gasteiger partial charge in [-0.05, 0) is 25.8 Å². The van der Waals surface area contributed by atoms with Crippen LogP contribution in [0.2, 0.25) is 0 Å². The van der Waals surface area contributed by atoms with Gasteiger partial charge >= 0.3 is 0 Å². The maximum atomic E-state index is 9.94. The molecule has 0 saturated heterocycles. The van der Waals surface area contributed by atoms with Crippen LogP contribution in [0.1, 0.15) is 39.5 Å². The molecular weight excluding hydrogens is 152 g/mol. The van der Waals surface area contributed by atoms with Crippen molar-refractivity contribution < 1.29 is 9.90 Å². The molecule has 0 amide bonds. The van der Waals surface area contributed by atoms with E-state index in [1.54, 1.807) is 13.0 Å². The van der Waals surface area contributed by atoms with Gasteiger partial charge in [-0.3, -0.25) is 4.79 Å². The molecule has 12 heavy (non-hydrogen) atoms. The van der Waals surface area contributed by atoms with E-state index in [1.807, 2.05) is 0 Å². The highest BCUT2D eigenvalue weighted by Gasteiger charge is 2.16. The first-order chi connectivity index (χ1) is 5.62. The summed E-state index contributed by atoms with van der Waals surface area (Å²) in [5, 5.41) is 9.71. The maximum absolute atomic E-state index is 9.94. The number of unbranched alkanes of at least 4 members (excludes halogenated alkanes) is 1. The molecule has 0 aliphatic heterocycles. The normalized spacial score (nSPS) is 16.2. The molecule has 0 fully saturated rings. The number of carbonyl (C=O) groups is 1. The van der Waals surface area contributed by atoms with Crippen molar-refractivity contribution in [2.75, 3.05) is 0 Å². The summed E-state index contributed by atoms with van der Waals surface area (Å²) in [6, 6.07) is 0. The summed E-state index contributed by atoms with van der Waals surface area (Å²) < 4.78 is 0. The van der Waals surface area contributed by atoms with Gasteiger partial charge in [0.15, 0.2) is 0 Å². The second-order valence-electron chi connectivity index (χ2n) is 3.37. The summed E-state index contributed by atoms with van der Waals surface area (Å²) in [5.41, 5.74) is -0.643. The van der Waals surface area contributed by atoms with Crippen LogP contribution in [-0.4, -0.2) is 17.0 Å². The number of aldehydes is 1. The minimum atomic E-state index is -0.643. The van der Waals surface area contributed by atoms with E-state index in [0.717, 1.165) is 25.5 Å². The minimum Gasteiger partial charge on any atom is -0.390 e. The van der Waals surface area contributed by atoms with Crippen LogP contribution in [0.4, 0.5) is 0 Å². The van der Waals surface area contributed by atoms with Crippen LogP contribution in [0.15, 0.2) is 12.2 Å². The highest BCUT2D eigenvalue weighted by Crippen LogP contribution is 2.17. The third-order valence-corrected chi connectivity index (χ3v) is 1.84. The van der Waals surface area contributed by atoms with Crippen LogP contribution >= 0.6 is 0 Å². The number of hydrogen-bond acceptors (Lipinski definition) is 2. The van der Waals surface area contributed by atoms with Gasteiger partial charge in [0.2, 0.25) is 0 Å². The van der Waals surface area contributed by atoms with E-state index >= 15 is 0 Å². The Balaban J connectivity index is 3.69. The third-order valence-electron chi connectivity index (χ3n) is 1.84. The molecule has 2 nitrogen and oxygen atoms in total. The molecule has 0 aromatic heterocycles. The van der Waals surface area contributed by atoms with Gasteiger partial charge < -0.3 is 5.11 Å². The minimum absolute atomic E-state index is 0.561. The molecule has 0 heterocycles. The zero-order valence-electron chi connectivity index (χ0n) is 7.92. The largest absolute Gasteiger partial charge is 0.390 e. The molecule has 0 aromatic rings. The topological polar surface area (TPSA) is 37.3 Å². The average Bonchev–Trinajstić information content (AvgIpc) is 2.01. The smallest absolute Gasteiger partial charge is 0.142 e. The molecule has 0 bridgehead atoms. The van der Waals surface area contributed by atoms with E-state index in [9.17, 15) is 9.90 Å². The monoisotopic (exact) mass is 170 g/mol. The quantitative estimate of drug-likeness (QED) is 0.489. The molecule has 1 N–H and O–H groups in total. The molecule has 1 atom stereocenters. The zero-order chi connectivity index (χ0) is 9.45. The maximum Gasteiger partial charge on any atom is 0.142 e. The SMILES string of the molecule is CCCCC(C)(O)C/C=C/C=O. The number of rotatable bonds is 6. The van der Waals surface area contributed by atoms with Crippen molar-refractivity contribution in [2.45, 2.75) is 45.1 Å². The summed E-state index contributed by atoms with van der Waals surface area (Å²) in [6.07, 6.45) is 7.35. The molecule has 1 unspecified atom stereocenters. The van der Waals surface area contributed by atoms with E-state index < -0.39 is 5.60 Å². The lowest BCUT2D eigenvalue weighted by molar-refractivity contribution is -0.104. The fourth-order valence-corrected chi connectivity index (χ4v) is 1.04. The Kier molecular flexibility index (Phi) is 5.64. The number of allylic oxidation sites excluding steroid dienone is 1. The van der Waals surface area contributed by atoms with Gasteiger partial charge in [-0.1, -0.05) is 25.8 Å². The Morgan fingerprint density at radius 2 is 2.17 bits per heavy atom. The second kappa shape index (κ2) is 5.95. The van der Waals surface area contributed by atoms with Crippen molar-refractivity contribution in [1.82, 2.24) is 0 Å². The highest BCUT2D eigenvalue weighted by molar-refractivity contribution is 5.64. The lowest BCUT2D eigenvalue weighted by atomic mass is 9.95. The molecular formula is C10H18O2. The molecule has 2 heteroatoms. The molecule has 0 aromatic carbocycles. The molecule has 70 valence electrons. The van der Waals surface area contributed by atoms with Gasteiger partial charge in [0.25, 0.3) is 0 Å². The van der Waals surface area contributed by atoms with E-state index in [2.05, 4.69) is 6.92 Å². The Morgan fingerprint density at radius 3 is 2.67 bits per heavy atom. The third kappa shape index (κ3) is 6.10. The van der Waals surface area contributed by atoms with Gasteiger partial charge in [0.05, 0.1) is 5.60 Å². The average molecular weight is 170 g/mol. The highest BCUT2D eigenvalue weighted by atomic mass is 16.3. The van der Waals surface area contributed by atoms with Gasteiger partial charge in [0, 0.05) is 0 Å². The summed E-state index contributed by atoms with van der Waals surface area (Å²) >= 11 is 0. The first-order valence-electron chi connectivity index (χ1n) is 4.45. The first-order valence-corrected chi connectivity index (χ1v) is 4.45. The van der Waals surface area contributed by atoms with E-state index in [1.165, 1.54) is 6.08 Å². The molecule has 0 saturated carbocycles. The number of hydrogen-bond donors (Lipinski definition) is 1. The molecule has 0 rings (SSSR count). The standard InChI is InChI=1S/C10H18O2/c1-3-4-7-10(2,12)8-5-6-9-11/h5-6,9,12H,3-4,7-8H2,1-2H3/b6-5+. The van der Waals surface area contributed by atoms with Crippen molar-refractivity contribution in [3.8, 4) is 0 Å². The van der Waals surface area contributed by atoms with Gasteiger partial charge in [0.1, 0.15) is 6.29 Å². The van der Waals surface area contributed by atoms with Crippen LogP contribution in [-0.2, 0) is 4.79 Å². The predicted molar refractivity (Wildman–Crippen MR) is 50.0 cm³/mol. The van der Waals surface area contributed by atoms with E-state index in [0.29, 0.717) is 6.42 Å². The van der Waals surface area contributed by atoms with Crippen LogP contribution < -0.4 is 0 Å². The van der Waals surface area contributed by atoms with Gasteiger partial charge in [-0.2, -0.15) is 0 Å². The lowest BCUT2D eigenvalue weighted by Crippen LogP contribution is -2.22. The van der Waals surface area contributed by atoms with Crippen molar-refractivity contribution in [2.24, 2.45) is 0 Å². The summed E-state index contributed by atoms with van der Waals surface area (Å²) in [6.45, 7) is 3.90. The summed E-state index contributed by atoms with van der Waals surface area (Å²) in [4.78, 5) is 9.94. The number of aliphatic hydroxyl groups is 1. The Hall–Kier alpha value is -0.630. The van der Waals surface area contributed by atoms with Crippen molar-refractivity contribution in [1.29, 1.82) is 0 Å². The lowest BCUT2D eigenvalue weighted by Gasteiger charge is -2.20. The van der Waals surface area contributed by atoms with E-state index in [4.69, 9.17) is 0 Å². The summed E-state index contributed by atoms with van der Waals surface area (Å²) in [5.74, 6) is 0. The van der Waals surface area contributed by atoms with E-state index in [-0.39, 0.29) is 0 Å². The molecule has 0 spiro atoms. The molecule has 0 radical (unpaired) electrons. The number of carbonyl (C=O) groups excluding carboxylic acids is 1. The van der Waals surface area contributed by atoms with Crippen LogP contribution in [0, 0.1) is 0 Å². The fourth-order valence-electron chi connectivity index (χ4n) is 1.04. The summed E-state index contributed by atoms with van der Waals surface area (Å²) in [7, 11) is 0. The Morgan fingerprint density at radius 1 is 1.50 bits per heavy atom. The van der Waals surface area contributed by atoms with Crippen LogP contribution in [0.5, 0.6) is 0 Å². The van der Waals surface area contributed by atoms with Gasteiger partial charge in [-0.25, -0.2) is 0 Å². The molecule has 0 aliphatic carbocycles. The predicted octanol–water partition coefficient (Wildman–Crippen LogP) is 2.07. The first kappa shape index (κ1) is 11.4. The van der Waals surface area contributed by atoms with Crippen LogP contribution in [0.3, 0.4) is 0 Å². The van der Waals surface area contributed by atoms with Crippen molar-refractivity contribution in [3.63, 3.8) is 0 Å².